The first kappa shape index (κ1) is 19.3. The number of carbonyl (C=O) groups is 1. The fourth-order valence-corrected chi connectivity index (χ4v) is 3.11. The van der Waals surface area contributed by atoms with Crippen LogP contribution in [0.15, 0.2) is 65.4 Å². The molecule has 0 spiro atoms. The number of amides is 1. The molecule has 7 heteroatoms. The minimum Gasteiger partial charge on any atom is -0.339 e. The topological polar surface area (TPSA) is 46.9 Å². The third kappa shape index (κ3) is 4.84. The number of nitrogens with one attached hydrogen (secondary N) is 1. The first-order chi connectivity index (χ1) is 12.9. The van der Waals surface area contributed by atoms with Gasteiger partial charge in [-0.25, -0.2) is 9.37 Å². The smallest absolute Gasteiger partial charge is 0.244 e. The van der Waals surface area contributed by atoms with E-state index in [2.05, 4.69) is 26.2 Å². The Kier molecular flexibility index (Phi) is 6.08. The van der Waals surface area contributed by atoms with E-state index < -0.39 is 11.9 Å². The number of hydrogen-bond acceptors (Lipinski definition) is 2. The molecule has 0 bridgehead atoms. The van der Waals surface area contributed by atoms with Gasteiger partial charge in [0.25, 0.3) is 0 Å². The lowest BCUT2D eigenvalue weighted by atomic mass is 10.1. The molecule has 1 unspecified atom stereocenters. The van der Waals surface area contributed by atoms with Gasteiger partial charge in [0.1, 0.15) is 17.7 Å². The highest BCUT2D eigenvalue weighted by Gasteiger charge is 2.19. The van der Waals surface area contributed by atoms with Crippen molar-refractivity contribution < 1.29 is 9.18 Å². The summed E-state index contributed by atoms with van der Waals surface area (Å²) in [7, 11) is 1.85. The van der Waals surface area contributed by atoms with Crippen LogP contribution in [0.4, 0.5) is 4.39 Å². The Bertz CT molecular complexity index is 985. The van der Waals surface area contributed by atoms with Crippen LogP contribution in [-0.4, -0.2) is 15.5 Å². The summed E-state index contributed by atoms with van der Waals surface area (Å²) in [5, 5.41) is 3.52. The molecule has 1 atom stereocenters. The molecule has 27 heavy (non-hydrogen) atoms. The van der Waals surface area contributed by atoms with Gasteiger partial charge in [-0.15, -0.1) is 0 Å². The van der Waals surface area contributed by atoms with E-state index in [0.717, 1.165) is 10.0 Å². The molecule has 3 rings (SSSR count). The van der Waals surface area contributed by atoms with Crippen molar-refractivity contribution in [2.24, 2.45) is 7.05 Å². The van der Waals surface area contributed by atoms with E-state index in [1.54, 1.807) is 36.7 Å². The van der Waals surface area contributed by atoms with Gasteiger partial charge in [-0.05, 0) is 42.0 Å². The van der Waals surface area contributed by atoms with E-state index in [0.29, 0.717) is 16.4 Å². The summed E-state index contributed by atoms with van der Waals surface area (Å²) < 4.78 is 16.4. The number of benzene rings is 2. The van der Waals surface area contributed by atoms with Crippen molar-refractivity contribution >= 4 is 39.5 Å². The number of rotatable bonds is 5. The van der Waals surface area contributed by atoms with Crippen molar-refractivity contribution in [3.05, 3.63) is 93.2 Å². The summed E-state index contributed by atoms with van der Waals surface area (Å²) >= 11 is 9.26. The molecule has 138 valence electrons. The van der Waals surface area contributed by atoms with Gasteiger partial charge < -0.3 is 9.88 Å². The highest BCUT2D eigenvalue weighted by atomic mass is 79.9. The Morgan fingerprint density at radius 2 is 2.04 bits per heavy atom. The third-order valence-electron chi connectivity index (χ3n) is 3.98. The van der Waals surface area contributed by atoms with Gasteiger partial charge in [0, 0.05) is 40.6 Å². The zero-order valence-corrected chi connectivity index (χ0v) is 16.7. The molecule has 0 radical (unpaired) electrons. The molecule has 0 fully saturated rings. The first-order valence-corrected chi connectivity index (χ1v) is 9.27. The second-order valence-corrected chi connectivity index (χ2v) is 7.24. The van der Waals surface area contributed by atoms with E-state index >= 15 is 0 Å². The molecule has 1 aromatic heterocycles. The molecular weight excluding hydrogens is 433 g/mol. The Hall–Kier alpha value is -2.44. The lowest BCUT2D eigenvalue weighted by Gasteiger charge is -2.18. The zero-order chi connectivity index (χ0) is 19.4. The molecule has 3 aromatic rings. The van der Waals surface area contributed by atoms with Crippen molar-refractivity contribution in [1.82, 2.24) is 14.9 Å². The summed E-state index contributed by atoms with van der Waals surface area (Å²) in [4.78, 5) is 16.8. The number of nitrogens with zero attached hydrogens (tertiary/aromatic N) is 2. The van der Waals surface area contributed by atoms with Crippen molar-refractivity contribution in [3.63, 3.8) is 0 Å². The summed E-state index contributed by atoms with van der Waals surface area (Å²) in [5.74, 6) is -0.0920. The van der Waals surface area contributed by atoms with Crippen LogP contribution in [-0.2, 0) is 11.8 Å². The Morgan fingerprint density at radius 3 is 2.70 bits per heavy atom. The molecule has 0 aliphatic heterocycles. The maximum Gasteiger partial charge on any atom is 0.244 e. The Balaban J connectivity index is 1.84. The maximum atomic E-state index is 13.8. The molecule has 4 nitrogen and oxygen atoms in total. The van der Waals surface area contributed by atoms with Crippen LogP contribution in [0.25, 0.3) is 6.08 Å². The number of halogens is 3. The van der Waals surface area contributed by atoms with Crippen LogP contribution in [0.2, 0.25) is 5.02 Å². The quantitative estimate of drug-likeness (QED) is 0.565. The van der Waals surface area contributed by atoms with Gasteiger partial charge in [0.2, 0.25) is 5.91 Å². The molecule has 1 amide bonds. The lowest BCUT2D eigenvalue weighted by Crippen LogP contribution is -2.29. The van der Waals surface area contributed by atoms with Gasteiger partial charge in [-0.3, -0.25) is 4.79 Å². The van der Waals surface area contributed by atoms with E-state index in [1.165, 1.54) is 18.2 Å². The monoisotopic (exact) mass is 447 g/mol. The van der Waals surface area contributed by atoms with Crippen LogP contribution in [0.5, 0.6) is 0 Å². The predicted octanol–water partition coefficient (Wildman–Crippen LogP) is 4.89. The predicted molar refractivity (Wildman–Crippen MR) is 108 cm³/mol. The Morgan fingerprint density at radius 1 is 1.30 bits per heavy atom. The van der Waals surface area contributed by atoms with Gasteiger partial charge >= 0.3 is 0 Å². The van der Waals surface area contributed by atoms with E-state index in [-0.39, 0.29) is 5.91 Å². The van der Waals surface area contributed by atoms with Crippen molar-refractivity contribution in [3.8, 4) is 0 Å². The Labute approximate surface area is 169 Å². The second kappa shape index (κ2) is 8.50. The molecule has 0 saturated carbocycles. The number of carbonyl (C=O) groups excluding carboxylic acids is 1. The van der Waals surface area contributed by atoms with Gasteiger partial charge in [-0.2, -0.15) is 0 Å². The van der Waals surface area contributed by atoms with Crippen LogP contribution < -0.4 is 5.32 Å². The standard InChI is InChI=1S/C20H16BrClFN3O/c1-26-11-10-24-20(26)19(13-2-6-16(22)7-3-13)25-18(27)9-4-14-12-15(21)5-8-17(14)23/h2-12,19H,1H3,(H,25,27)/b9-4+. The minimum absolute atomic E-state index is 0.319. The minimum atomic E-state index is -0.466. The number of aromatic nitrogens is 2. The van der Waals surface area contributed by atoms with Gasteiger partial charge in [0.05, 0.1) is 0 Å². The summed E-state index contributed by atoms with van der Waals surface area (Å²) in [6, 6.07) is 11.3. The average molecular weight is 449 g/mol. The molecule has 0 aliphatic rings. The van der Waals surface area contributed by atoms with Crippen molar-refractivity contribution in [2.75, 3.05) is 0 Å². The van der Waals surface area contributed by atoms with Gasteiger partial charge in [-0.1, -0.05) is 39.7 Å². The molecule has 0 aliphatic carbocycles. The molecule has 1 N–H and O–H groups in total. The number of hydrogen-bond donors (Lipinski definition) is 1. The fraction of sp³-hybridized carbons (Fsp3) is 0.100. The van der Waals surface area contributed by atoms with E-state index in [1.807, 2.05) is 23.7 Å². The van der Waals surface area contributed by atoms with E-state index in [9.17, 15) is 9.18 Å². The van der Waals surface area contributed by atoms with Crippen LogP contribution in [0.1, 0.15) is 23.0 Å². The van der Waals surface area contributed by atoms with Crippen LogP contribution in [0, 0.1) is 5.82 Å². The first-order valence-electron chi connectivity index (χ1n) is 8.10. The number of imidazole rings is 1. The second-order valence-electron chi connectivity index (χ2n) is 5.89. The summed E-state index contributed by atoms with van der Waals surface area (Å²) in [5.41, 5.74) is 1.16. The normalized spacial score (nSPS) is 12.3. The molecule has 1 heterocycles. The molecule has 0 saturated heterocycles. The summed E-state index contributed by atoms with van der Waals surface area (Å²) in [6.45, 7) is 0. The van der Waals surface area contributed by atoms with Crippen molar-refractivity contribution in [1.29, 1.82) is 0 Å². The maximum absolute atomic E-state index is 13.8. The van der Waals surface area contributed by atoms with Gasteiger partial charge in [0.15, 0.2) is 0 Å². The van der Waals surface area contributed by atoms with Crippen molar-refractivity contribution in [2.45, 2.75) is 6.04 Å². The highest BCUT2D eigenvalue weighted by molar-refractivity contribution is 9.10. The highest BCUT2D eigenvalue weighted by Crippen LogP contribution is 2.22. The largest absolute Gasteiger partial charge is 0.339 e. The lowest BCUT2D eigenvalue weighted by molar-refractivity contribution is -0.117. The SMILES string of the molecule is Cn1ccnc1C(NC(=O)/C=C/c1cc(Br)ccc1F)c1ccc(Cl)cc1. The van der Waals surface area contributed by atoms with E-state index in [4.69, 9.17) is 11.6 Å². The molecular formula is C20H16BrClFN3O. The zero-order valence-electron chi connectivity index (χ0n) is 14.4. The average Bonchev–Trinajstić information content (AvgIpc) is 3.07. The number of aryl methyl sites for hydroxylation is 1. The fourth-order valence-electron chi connectivity index (χ4n) is 2.61. The third-order valence-corrected chi connectivity index (χ3v) is 4.72. The summed E-state index contributed by atoms with van der Waals surface area (Å²) in [6.07, 6.45) is 6.21. The van der Waals surface area contributed by atoms with Crippen LogP contribution in [0.3, 0.4) is 0 Å². The van der Waals surface area contributed by atoms with Crippen LogP contribution >= 0.6 is 27.5 Å². The molecule has 2 aromatic carbocycles.